The van der Waals surface area contributed by atoms with Crippen molar-refractivity contribution in [3.05, 3.63) is 46.1 Å². The molecule has 0 unspecified atom stereocenters. The van der Waals surface area contributed by atoms with Crippen LogP contribution in [0.25, 0.3) is 10.6 Å². The molecule has 2 rings (SSSR count). The third-order valence-electron chi connectivity index (χ3n) is 1.45. The van der Waals surface area contributed by atoms with E-state index in [2.05, 4.69) is 0 Å². The van der Waals surface area contributed by atoms with Crippen LogP contribution in [-0.4, -0.2) is 0 Å². The van der Waals surface area contributed by atoms with Crippen molar-refractivity contribution in [3.8, 4) is 10.6 Å². The van der Waals surface area contributed by atoms with Gasteiger partial charge in [-0.25, -0.2) is 4.79 Å². The van der Waals surface area contributed by atoms with Gasteiger partial charge in [-0.15, -0.1) is 11.3 Å². The summed E-state index contributed by atoms with van der Waals surface area (Å²) in [5.74, 6) is 0.637. The van der Waals surface area contributed by atoms with Crippen molar-refractivity contribution in [2.45, 2.75) is 0 Å². The maximum atomic E-state index is 10.8. The Morgan fingerprint density at radius 1 is 1.17 bits per heavy atom. The molecule has 2 nitrogen and oxygen atoms in total. The van der Waals surface area contributed by atoms with Crippen LogP contribution in [0.5, 0.6) is 0 Å². The molecule has 0 aliphatic carbocycles. The van der Waals surface area contributed by atoms with Crippen LogP contribution in [0.15, 0.2) is 44.9 Å². The molecule has 0 aliphatic rings. The summed E-state index contributed by atoms with van der Waals surface area (Å²) >= 11 is 1.55. The van der Waals surface area contributed by atoms with E-state index in [1.807, 2.05) is 17.5 Å². The van der Waals surface area contributed by atoms with Gasteiger partial charge in [0.25, 0.3) is 0 Å². The highest BCUT2D eigenvalue weighted by atomic mass is 32.1. The first-order valence-electron chi connectivity index (χ1n) is 3.50. The van der Waals surface area contributed by atoms with Gasteiger partial charge in [0.2, 0.25) is 0 Å². The summed E-state index contributed by atoms with van der Waals surface area (Å²) < 4.78 is 4.98. The first-order chi connectivity index (χ1) is 5.86. The highest BCUT2D eigenvalue weighted by Gasteiger charge is 1.99. The molecule has 2 aromatic heterocycles. The Labute approximate surface area is 73.1 Å². The summed E-state index contributed by atoms with van der Waals surface area (Å²) in [6.07, 6.45) is 0. The quantitative estimate of drug-likeness (QED) is 0.671. The van der Waals surface area contributed by atoms with Gasteiger partial charge in [0.05, 0.1) is 4.88 Å². The largest absolute Gasteiger partial charge is 0.422 e. The van der Waals surface area contributed by atoms with Crippen LogP contribution in [-0.2, 0) is 0 Å². The Kier molecular flexibility index (Phi) is 1.80. The van der Waals surface area contributed by atoms with E-state index in [-0.39, 0.29) is 5.63 Å². The fourth-order valence-corrected chi connectivity index (χ4v) is 1.63. The number of hydrogen-bond acceptors (Lipinski definition) is 3. The molecule has 0 spiro atoms. The van der Waals surface area contributed by atoms with E-state index in [1.54, 1.807) is 23.5 Å². The molecular formula is C9H6O2S. The highest BCUT2D eigenvalue weighted by Crippen LogP contribution is 2.22. The third kappa shape index (κ3) is 1.31. The van der Waals surface area contributed by atoms with Crippen molar-refractivity contribution in [2.24, 2.45) is 0 Å². The summed E-state index contributed by atoms with van der Waals surface area (Å²) in [7, 11) is 0. The van der Waals surface area contributed by atoms with Gasteiger partial charge in [-0.2, -0.15) is 0 Å². The number of rotatable bonds is 1. The summed E-state index contributed by atoms with van der Waals surface area (Å²) in [4.78, 5) is 11.8. The second kappa shape index (κ2) is 2.95. The maximum Gasteiger partial charge on any atom is 0.336 e. The zero-order valence-electron chi connectivity index (χ0n) is 6.19. The van der Waals surface area contributed by atoms with E-state index in [9.17, 15) is 4.79 Å². The highest BCUT2D eigenvalue weighted by molar-refractivity contribution is 7.13. The topological polar surface area (TPSA) is 30.2 Å². The van der Waals surface area contributed by atoms with Crippen LogP contribution in [0, 0.1) is 0 Å². The summed E-state index contributed by atoms with van der Waals surface area (Å²) in [6, 6.07) is 8.72. The molecule has 0 amide bonds. The van der Waals surface area contributed by atoms with Gasteiger partial charge in [0.1, 0.15) is 5.76 Å². The smallest absolute Gasteiger partial charge is 0.336 e. The fraction of sp³-hybridized carbons (Fsp3) is 0. The molecule has 0 N–H and O–H groups in total. The summed E-state index contributed by atoms with van der Waals surface area (Å²) in [5, 5.41) is 1.95. The predicted molar refractivity (Wildman–Crippen MR) is 48.3 cm³/mol. The van der Waals surface area contributed by atoms with Gasteiger partial charge in [-0.1, -0.05) is 12.1 Å². The molecule has 2 aromatic rings. The maximum absolute atomic E-state index is 10.8. The first kappa shape index (κ1) is 7.31. The molecular weight excluding hydrogens is 172 g/mol. The monoisotopic (exact) mass is 178 g/mol. The molecule has 0 saturated carbocycles. The second-order valence-corrected chi connectivity index (χ2v) is 3.24. The molecule has 12 heavy (non-hydrogen) atoms. The number of thiophene rings is 1. The minimum absolute atomic E-state index is 0.305. The Balaban J connectivity index is 2.55. The Hall–Kier alpha value is -1.35. The Morgan fingerprint density at radius 2 is 2.08 bits per heavy atom. The number of hydrogen-bond donors (Lipinski definition) is 0. The van der Waals surface area contributed by atoms with Gasteiger partial charge in [0.15, 0.2) is 0 Å². The Morgan fingerprint density at radius 3 is 2.75 bits per heavy atom. The fourth-order valence-electron chi connectivity index (χ4n) is 0.942. The molecule has 0 saturated heterocycles. The first-order valence-corrected chi connectivity index (χ1v) is 4.38. The molecule has 0 aromatic carbocycles. The lowest BCUT2D eigenvalue weighted by Crippen LogP contribution is -1.94. The van der Waals surface area contributed by atoms with Crippen LogP contribution in [0.4, 0.5) is 0 Å². The SMILES string of the molecule is O=c1cccc(-c2cccs2)o1. The van der Waals surface area contributed by atoms with Crippen LogP contribution in [0.2, 0.25) is 0 Å². The molecule has 0 atom stereocenters. The van der Waals surface area contributed by atoms with Crippen LogP contribution < -0.4 is 5.63 Å². The van der Waals surface area contributed by atoms with E-state index >= 15 is 0 Å². The van der Waals surface area contributed by atoms with Crippen molar-refractivity contribution >= 4 is 11.3 Å². The predicted octanol–water partition coefficient (Wildman–Crippen LogP) is 2.37. The second-order valence-electron chi connectivity index (χ2n) is 2.29. The zero-order chi connectivity index (χ0) is 8.39. The van der Waals surface area contributed by atoms with Crippen molar-refractivity contribution in [2.75, 3.05) is 0 Å². The average Bonchev–Trinajstić information content (AvgIpc) is 2.56. The van der Waals surface area contributed by atoms with E-state index < -0.39 is 0 Å². The molecule has 0 radical (unpaired) electrons. The van der Waals surface area contributed by atoms with Gasteiger partial charge in [-0.3, -0.25) is 0 Å². The standard InChI is InChI=1S/C9H6O2S/c10-9-5-1-3-7(11-9)8-4-2-6-12-8/h1-6H. The minimum Gasteiger partial charge on any atom is -0.422 e. The van der Waals surface area contributed by atoms with E-state index in [4.69, 9.17) is 4.42 Å². The van der Waals surface area contributed by atoms with Crippen LogP contribution >= 0.6 is 11.3 Å². The molecule has 2 heterocycles. The van der Waals surface area contributed by atoms with Gasteiger partial charge >= 0.3 is 5.63 Å². The summed E-state index contributed by atoms with van der Waals surface area (Å²) in [6.45, 7) is 0. The Bertz CT molecular complexity index is 414. The molecule has 3 heteroatoms. The van der Waals surface area contributed by atoms with Crippen LogP contribution in [0.3, 0.4) is 0 Å². The van der Waals surface area contributed by atoms with Gasteiger partial charge < -0.3 is 4.42 Å². The van der Waals surface area contributed by atoms with E-state index in [0.717, 1.165) is 4.88 Å². The van der Waals surface area contributed by atoms with Crippen LogP contribution in [0.1, 0.15) is 0 Å². The van der Waals surface area contributed by atoms with E-state index in [1.165, 1.54) is 6.07 Å². The molecule has 60 valence electrons. The third-order valence-corrected chi connectivity index (χ3v) is 2.34. The van der Waals surface area contributed by atoms with Crippen molar-refractivity contribution < 1.29 is 4.42 Å². The minimum atomic E-state index is -0.305. The molecule has 0 fully saturated rings. The zero-order valence-corrected chi connectivity index (χ0v) is 7.01. The lowest BCUT2D eigenvalue weighted by molar-refractivity contribution is 0.527. The van der Waals surface area contributed by atoms with Crippen molar-refractivity contribution in [1.82, 2.24) is 0 Å². The van der Waals surface area contributed by atoms with Gasteiger partial charge in [-0.05, 0) is 17.5 Å². The molecule has 0 bridgehead atoms. The lowest BCUT2D eigenvalue weighted by Gasteiger charge is -1.91. The van der Waals surface area contributed by atoms with Gasteiger partial charge in [0, 0.05) is 6.07 Å². The lowest BCUT2D eigenvalue weighted by atomic mass is 10.3. The summed E-state index contributed by atoms with van der Waals surface area (Å²) in [5.41, 5.74) is -0.305. The van der Waals surface area contributed by atoms with E-state index in [0.29, 0.717) is 5.76 Å². The normalized spacial score (nSPS) is 10.0. The average molecular weight is 178 g/mol. The van der Waals surface area contributed by atoms with Crippen molar-refractivity contribution in [1.29, 1.82) is 0 Å². The van der Waals surface area contributed by atoms with Crippen molar-refractivity contribution in [3.63, 3.8) is 0 Å². The molecule has 0 aliphatic heterocycles.